The molecule has 1 atom stereocenters. The maximum atomic E-state index is 11.9. The first-order valence-corrected chi connectivity index (χ1v) is 8.55. The summed E-state index contributed by atoms with van der Waals surface area (Å²) < 4.78 is 11.9. The lowest BCUT2D eigenvalue weighted by atomic mass is 10.2. The van der Waals surface area contributed by atoms with Crippen LogP contribution in [0.15, 0.2) is 60.7 Å². The summed E-state index contributed by atoms with van der Waals surface area (Å²) in [5.74, 6) is 0.152. The summed E-state index contributed by atoms with van der Waals surface area (Å²) in [6.45, 7) is 1.99. The van der Waals surface area contributed by atoms with E-state index in [4.69, 9.17) is 0 Å². The average molecular weight is 313 g/mol. The first-order valence-electron chi connectivity index (χ1n) is 7.06. The summed E-state index contributed by atoms with van der Waals surface area (Å²) in [6.07, 6.45) is 3.75. The molecule has 0 bridgehead atoms. The summed E-state index contributed by atoms with van der Waals surface area (Å²) >= 11 is 0. The van der Waals surface area contributed by atoms with Crippen LogP contribution in [-0.2, 0) is 15.6 Å². The number of anilines is 1. The van der Waals surface area contributed by atoms with Gasteiger partial charge in [-0.05, 0) is 24.6 Å². The van der Waals surface area contributed by atoms with Crippen molar-refractivity contribution in [2.75, 3.05) is 16.8 Å². The zero-order valence-electron chi connectivity index (χ0n) is 12.5. The van der Waals surface area contributed by atoms with E-state index in [1.54, 1.807) is 0 Å². The van der Waals surface area contributed by atoms with Gasteiger partial charge < -0.3 is 5.32 Å². The van der Waals surface area contributed by atoms with Gasteiger partial charge in [0.15, 0.2) is 0 Å². The normalized spacial score (nSPS) is 12.2. The number of carbonyl (C=O) groups excluding carboxylic acids is 1. The Hall–Kier alpha value is -2.20. The van der Waals surface area contributed by atoms with Crippen molar-refractivity contribution in [1.82, 2.24) is 0 Å². The second kappa shape index (κ2) is 8.29. The summed E-state index contributed by atoms with van der Waals surface area (Å²) in [5, 5.41) is 2.75. The van der Waals surface area contributed by atoms with Gasteiger partial charge in [-0.2, -0.15) is 0 Å². The number of rotatable bonds is 6. The molecule has 2 rings (SSSR count). The number of amides is 1. The van der Waals surface area contributed by atoms with Crippen LogP contribution in [0.25, 0.3) is 6.08 Å². The lowest BCUT2D eigenvalue weighted by Gasteiger charge is -2.04. The highest BCUT2D eigenvalue weighted by molar-refractivity contribution is 7.85. The lowest BCUT2D eigenvalue weighted by molar-refractivity contribution is -0.113. The van der Waals surface area contributed by atoms with E-state index in [9.17, 15) is 9.00 Å². The smallest absolute Gasteiger partial charge is 0.237 e. The van der Waals surface area contributed by atoms with Crippen LogP contribution < -0.4 is 5.32 Å². The number of nitrogens with one attached hydrogen (secondary N) is 1. The van der Waals surface area contributed by atoms with Gasteiger partial charge in [0.05, 0.1) is 0 Å². The highest BCUT2D eigenvalue weighted by Crippen LogP contribution is 2.08. The first kappa shape index (κ1) is 16.2. The van der Waals surface area contributed by atoms with Crippen molar-refractivity contribution in [2.45, 2.75) is 6.92 Å². The molecule has 0 radical (unpaired) electrons. The summed E-state index contributed by atoms with van der Waals surface area (Å²) in [5.41, 5.74) is 2.92. The van der Waals surface area contributed by atoms with Crippen LogP contribution in [0.5, 0.6) is 0 Å². The lowest BCUT2D eigenvalue weighted by Crippen LogP contribution is -2.20. The van der Waals surface area contributed by atoms with Gasteiger partial charge >= 0.3 is 0 Å². The van der Waals surface area contributed by atoms with E-state index in [1.807, 2.05) is 73.7 Å². The van der Waals surface area contributed by atoms with Gasteiger partial charge in [-0.25, -0.2) is 0 Å². The average Bonchev–Trinajstić information content (AvgIpc) is 2.50. The number of hydrogen-bond donors (Lipinski definition) is 1. The van der Waals surface area contributed by atoms with Crippen LogP contribution in [0, 0.1) is 6.92 Å². The Labute approximate surface area is 133 Å². The minimum Gasteiger partial charge on any atom is -0.325 e. The molecule has 114 valence electrons. The van der Waals surface area contributed by atoms with Crippen LogP contribution in [0.2, 0.25) is 0 Å². The highest BCUT2D eigenvalue weighted by atomic mass is 32.2. The van der Waals surface area contributed by atoms with Crippen molar-refractivity contribution in [3.05, 3.63) is 71.8 Å². The van der Waals surface area contributed by atoms with Crippen molar-refractivity contribution >= 4 is 28.5 Å². The molecule has 0 saturated heterocycles. The molecule has 0 spiro atoms. The maximum absolute atomic E-state index is 11.9. The molecule has 0 aliphatic heterocycles. The minimum atomic E-state index is -1.20. The van der Waals surface area contributed by atoms with Crippen LogP contribution >= 0.6 is 0 Å². The van der Waals surface area contributed by atoms with Gasteiger partial charge in [-0.15, -0.1) is 0 Å². The molecule has 0 aliphatic rings. The number of carbonyl (C=O) groups is 1. The molecule has 0 aromatic heterocycles. The second-order valence-corrected chi connectivity index (χ2v) is 6.48. The van der Waals surface area contributed by atoms with E-state index < -0.39 is 10.8 Å². The molecule has 1 amide bonds. The summed E-state index contributed by atoms with van der Waals surface area (Å²) in [6, 6.07) is 17.3. The molecule has 22 heavy (non-hydrogen) atoms. The zero-order chi connectivity index (χ0) is 15.8. The zero-order valence-corrected chi connectivity index (χ0v) is 13.3. The largest absolute Gasteiger partial charge is 0.325 e. The van der Waals surface area contributed by atoms with E-state index in [2.05, 4.69) is 5.32 Å². The quantitative estimate of drug-likeness (QED) is 0.888. The Kier molecular flexibility index (Phi) is 6.10. The van der Waals surface area contributed by atoms with Gasteiger partial charge in [-0.1, -0.05) is 60.2 Å². The Morgan fingerprint density at radius 2 is 1.77 bits per heavy atom. The number of benzene rings is 2. The second-order valence-electron chi connectivity index (χ2n) is 4.98. The SMILES string of the molecule is Cc1ccc(NC(=O)CS(=O)CC=Cc2ccccc2)cc1. The fourth-order valence-electron chi connectivity index (χ4n) is 1.89. The fourth-order valence-corrected chi connectivity index (χ4v) is 2.69. The minimum absolute atomic E-state index is 0.00695. The van der Waals surface area contributed by atoms with Crippen molar-refractivity contribution in [2.24, 2.45) is 0 Å². The van der Waals surface area contributed by atoms with Crippen molar-refractivity contribution in [3.63, 3.8) is 0 Å². The summed E-state index contributed by atoms with van der Waals surface area (Å²) in [4.78, 5) is 11.8. The molecule has 2 aromatic rings. The maximum Gasteiger partial charge on any atom is 0.237 e. The monoisotopic (exact) mass is 313 g/mol. The topological polar surface area (TPSA) is 46.2 Å². The van der Waals surface area contributed by atoms with E-state index in [0.717, 1.165) is 16.8 Å². The Balaban J connectivity index is 1.78. The van der Waals surface area contributed by atoms with Crippen LogP contribution in [0.3, 0.4) is 0 Å². The van der Waals surface area contributed by atoms with Crippen molar-refractivity contribution in [1.29, 1.82) is 0 Å². The molecule has 0 heterocycles. The van der Waals surface area contributed by atoms with E-state index >= 15 is 0 Å². The van der Waals surface area contributed by atoms with Crippen molar-refractivity contribution < 1.29 is 9.00 Å². The standard InChI is InChI=1S/C18H19NO2S/c1-15-9-11-17(12-10-15)19-18(20)14-22(21)13-5-8-16-6-3-2-4-7-16/h2-12H,13-14H2,1H3,(H,19,20). The molecule has 2 aromatic carbocycles. The van der Waals surface area contributed by atoms with Gasteiger partial charge in [-0.3, -0.25) is 9.00 Å². The Bertz CT molecular complexity index is 663. The van der Waals surface area contributed by atoms with Crippen LogP contribution in [0.4, 0.5) is 5.69 Å². The molecule has 4 heteroatoms. The third-order valence-electron chi connectivity index (χ3n) is 3.02. The predicted molar refractivity (Wildman–Crippen MR) is 93.2 cm³/mol. The number of hydrogen-bond acceptors (Lipinski definition) is 2. The molecule has 0 fully saturated rings. The predicted octanol–water partition coefficient (Wildman–Crippen LogP) is 3.40. The van der Waals surface area contributed by atoms with E-state index in [-0.39, 0.29) is 11.7 Å². The molecule has 0 saturated carbocycles. The fraction of sp³-hybridized carbons (Fsp3) is 0.167. The molecular weight excluding hydrogens is 294 g/mol. The molecule has 0 aliphatic carbocycles. The molecular formula is C18H19NO2S. The van der Waals surface area contributed by atoms with Gasteiger partial charge in [0.1, 0.15) is 5.75 Å². The first-order chi connectivity index (χ1) is 10.6. The Morgan fingerprint density at radius 1 is 1.09 bits per heavy atom. The van der Waals surface area contributed by atoms with Gasteiger partial charge in [0, 0.05) is 22.2 Å². The molecule has 1 N–H and O–H groups in total. The molecule has 3 nitrogen and oxygen atoms in total. The highest BCUT2D eigenvalue weighted by Gasteiger charge is 2.07. The third kappa shape index (κ3) is 5.66. The number of aryl methyl sites for hydroxylation is 1. The van der Waals surface area contributed by atoms with Crippen LogP contribution in [0.1, 0.15) is 11.1 Å². The molecule has 1 unspecified atom stereocenters. The van der Waals surface area contributed by atoms with E-state index in [1.165, 1.54) is 0 Å². The third-order valence-corrected chi connectivity index (χ3v) is 4.17. The Morgan fingerprint density at radius 3 is 2.45 bits per heavy atom. The van der Waals surface area contributed by atoms with Crippen molar-refractivity contribution in [3.8, 4) is 0 Å². The van der Waals surface area contributed by atoms with E-state index in [0.29, 0.717) is 5.75 Å². The van der Waals surface area contributed by atoms with Gasteiger partial charge in [0.2, 0.25) is 5.91 Å². The van der Waals surface area contributed by atoms with Gasteiger partial charge in [0.25, 0.3) is 0 Å². The van der Waals surface area contributed by atoms with Crippen LogP contribution in [-0.4, -0.2) is 21.6 Å². The summed E-state index contributed by atoms with van der Waals surface area (Å²) in [7, 11) is -1.20.